The second kappa shape index (κ2) is 4.89. The van der Waals surface area contributed by atoms with Crippen LogP contribution in [0.5, 0.6) is 0 Å². The molecule has 0 atom stereocenters. The lowest BCUT2D eigenvalue weighted by atomic mass is 10.0. The summed E-state index contributed by atoms with van der Waals surface area (Å²) in [5.74, 6) is -0.370. The SMILES string of the molecule is Cn1nc(C(=O)NCC2(O)CCCC2)ccc1=O. The normalized spacial score (nSPS) is 17.7. The molecule has 98 valence electrons. The first-order chi connectivity index (χ1) is 8.50. The number of carbonyl (C=O) groups excluding carboxylic acids is 1. The highest BCUT2D eigenvalue weighted by molar-refractivity contribution is 5.92. The van der Waals surface area contributed by atoms with Gasteiger partial charge >= 0.3 is 0 Å². The van der Waals surface area contributed by atoms with E-state index in [2.05, 4.69) is 10.4 Å². The Bertz CT molecular complexity index is 504. The fourth-order valence-electron chi connectivity index (χ4n) is 2.17. The standard InChI is InChI=1S/C12H17N3O3/c1-15-10(16)5-4-9(14-15)11(17)13-8-12(18)6-2-3-7-12/h4-5,18H,2-3,6-8H2,1H3,(H,13,17). The quantitative estimate of drug-likeness (QED) is 0.780. The zero-order chi connectivity index (χ0) is 13.2. The molecule has 0 unspecified atom stereocenters. The minimum absolute atomic E-state index is 0.179. The van der Waals surface area contributed by atoms with Crippen LogP contribution in [0.25, 0.3) is 0 Å². The molecule has 6 nitrogen and oxygen atoms in total. The number of nitrogens with one attached hydrogen (secondary N) is 1. The topological polar surface area (TPSA) is 84.2 Å². The molecule has 0 bridgehead atoms. The maximum Gasteiger partial charge on any atom is 0.271 e. The van der Waals surface area contributed by atoms with Crippen LogP contribution >= 0.6 is 0 Å². The van der Waals surface area contributed by atoms with E-state index in [0.29, 0.717) is 12.8 Å². The number of hydrogen-bond acceptors (Lipinski definition) is 4. The van der Waals surface area contributed by atoms with Crippen molar-refractivity contribution in [1.82, 2.24) is 15.1 Å². The molecule has 1 aliphatic carbocycles. The minimum atomic E-state index is -0.781. The summed E-state index contributed by atoms with van der Waals surface area (Å²) in [7, 11) is 1.49. The summed E-state index contributed by atoms with van der Waals surface area (Å²) >= 11 is 0. The van der Waals surface area contributed by atoms with E-state index in [4.69, 9.17) is 0 Å². The lowest BCUT2D eigenvalue weighted by Crippen LogP contribution is -2.41. The molecule has 6 heteroatoms. The van der Waals surface area contributed by atoms with E-state index in [9.17, 15) is 14.7 Å². The zero-order valence-corrected chi connectivity index (χ0v) is 10.3. The average Bonchev–Trinajstić information content (AvgIpc) is 2.77. The first-order valence-corrected chi connectivity index (χ1v) is 6.05. The molecule has 0 saturated heterocycles. The van der Waals surface area contributed by atoms with Gasteiger partial charge in [0.25, 0.3) is 11.5 Å². The number of nitrogens with zero attached hydrogens (tertiary/aromatic N) is 2. The van der Waals surface area contributed by atoms with Crippen LogP contribution < -0.4 is 10.9 Å². The summed E-state index contributed by atoms with van der Waals surface area (Å²) in [5.41, 5.74) is -0.865. The second-order valence-corrected chi connectivity index (χ2v) is 4.79. The summed E-state index contributed by atoms with van der Waals surface area (Å²) in [6.07, 6.45) is 3.41. The number of aliphatic hydroxyl groups is 1. The van der Waals surface area contributed by atoms with Gasteiger partial charge in [0, 0.05) is 19.7 Å². The van der Waals surface area contributed by atoms with Crippen molar-refractivity contribution in [2.24, 2.45) is 7.05 Å². The number of carbonyl (C=O) groups is 1. The summed E-state index contributed by atoms with van der Waals surface area (Å²) in [5, 5.41) is 16.6. The summed E-state index contributed by atoms with van der Waals surface area (Å²) in [6, 6.07) is 2.68. The maximum atomic E-state index is 11.8. The number of hydrogen-bond donors (Lipinski definition) is 2. The molecule has 2 rings (SSSR count). The average molecular weight is 251 g/mol. The smallest absolute Gasteiger partial charge is 0.271 e. The zero-order valence-electron chi connectivity index (χ0n) is 10.3. The van der Waals surface area contributed by atoms with E-state index in [1.54, 1.807) is 0 Å². The van der Waals surface area contributed by atoms with Crippen molar-refractivity contribution in [1.29, 1.82) is 0 Å². The third-order valence-electron chi connectivity index (χ3n) is 3.31. The first kappa shape index (κ1) is 12.8. The van der Waals surface area contributed by atoms with Crippen molar-refractivity contribution in [3.8, 4) is 0 Å². The number of aryl methyl sites for hydroxylation is 1. The van der Waals surface area contributed by atoms with Gasteiger partial charge in [0.2, 0.25) is 0 Å². The van der Waals surface area contributed by atoms with E-state index in [1.807, 2.05) is 0 Å². The van der Waals surface area contributed by atoms with Crippen molar-refractivity contribution in [3.63, 3.8) is 0 Å². The van der Waals surface area contributed by atoms with E-state index in [-0.39, 0.29) is 23.7 Å². The van der Waals surface area contributed by atoms with Crippen LogP contribution in [0.2, 0.25) is 0 Å². The van der Waals surface area contributed by atoms with Gasteiger partial charge in [-0.2, -0.15) is 5.10 Å². The Morgan fingerprint density at radius 1 is 1.50 bits per heavy atom. The largest absolute Gasteiger partial charge is 0.388 e. The van der Waals surface area contributed by atoms with Gasteiger partial charge in [-0.05, 0) is 18.9 Å². The molecule has 1 heterocycles. The van der Waals surface area contributed by atoms with E-state index < -0.39 is 5.60 Å². The van der Waals surface area contributed by atoms with Crippen molar-refractivity contribution in [3.05, 3.63) is 28.2 Å². The monoisotopic (exact) mass is 251 g/mol. The van der Waals surface area contributed by atoms with Gasteiger partial charge in [0.1, 0.15) is 5.69 Å². The molecule has 1 aliphatic rings. The minimum Gasteiger partial charge on any atom is -0.388 e. The molecule has 1 fully saturated rings. The Balaban J connectivity index is 1.99. The van der Waals surface area contributed by atoms with Crippen LogP contribution in [0.15, 0.2) is 16.9 Å². The molecule has 1 aromatic rings. The lowest BCUT2D eigenvalue weighted by molar-refractivity contribution is 0.0448. The molecule has 1 amide bonds. The van der Waals surface area contributed by atoms with Gasteiger partial charge in [-0.25, -0.2) is 4.68 Å². The highest BCUT2D eigenvalue weighted by Crippen LogP contribution is 2.28. The predicted octanol–water partition coefficient (Wildman–Crippen LogP) is -0.185. The van der Waals surface area contributed by atoms with Crippen molar-refractivity contribution in [2.45, 2.75) is 31.3 Å². The molecule has 18 heavy (non-hydrogen) atoms. The van der Waals surface area contributed by atoms with E-state index in [1.165, 1.54) is 19.2 Å². The Morgan fingerprint density at radius 2 is 2.17 bits per heavy atom. The Kier molecular flexibility index (Phi) is 3.47. The Hall–Kier alpha value is -1.69. The van der Waals surface area contributed by atoms with Gasteiger partial charge in [-0.1, -0.05) is 12.8 Å². The van der Waals surface area contributed by atoms with Crippen LogP contribution in [-0.4, -0.2) is 32.9 Å². The summed E-state index contributed by atoms with van der Waals surface area (Å²) in [4.78, 5) is 22.9. The van der Waals surface area contributed by atoms with Crippen LogP contribution in [0, 0.1) is 0 Å². The third kappa shape index (κ3) is 2.76. The summed E-state index contributed by atoms with van der Waals surface area (Å²) < 4.78 is 1.11. The van der Waals surface area contributed by atoms with Gasteiger partial charge in [0.15, 0.2) is 0 Å². The van der Waals surface area contributed by atoms with Gasteiger partial charge in [-0.15, -0.1) is 0 Å². The first-order valence-electron chi connectivity index (χ1n) is 6.05. The Labute approximate surface area is 105 Å². The molecule has 2 N–H and O–H groups in total. The highest BCUT2D eigenvalue weighted by atomic mass is 16.3. The van der Waals surface area contributed by atoms with Crippen LogP contribution in [0.3, 0.4) is 0 Å². The van der Waals surface area contributed by atoms with Crippen molar-refractivity contribution >= 4 is 5.91 Å². The Morgan fingerprint density at radius 3 is 2.78 bits per heavy atom. The molecular formula is C12H17N3O3. The lowest BCUT2D eigenvalue weighted by Gasteiger charge is -2.22. The number of aromatic nitrogens is 2. The van der Waals surface area contributed by atoms with Gasteiger partial charge in [0.05, 0.1) is 5.60 Å². The second-order valence-electron chi connectivity index (χ2n) is 4.79. The molecule has 0 aliphatic heterocycles. The molecule has 0 aromatic carbocycles. The number of rotatable bonds is 3. The van der Waals surface area contributed by atoms with Crippen LogP contribution in [-0.2, 0) is 7.05 Å². The van der Waals surface area contributed by atoms with Crippen molar-refractivity contribution < 1.29 is 9.90 Å². The highest BCUT2D eigenvalue weighted by Gasteiger charge is 2.31. The van der Waals surface area contributed by atoms with Crippen LogP contribution in [0.4, 0.5) is 0 Å². The molecule has 1 saturated carbocycles. The summed E-state index contributed by atoms with van der Waals surface area (Å²) in [6.45, 7) is 0.232. The number of amides is 1. The third-order valence-corrected chi connectivity index (χ3v) is 3.31. The molecular weight excluding hydrogens is 234 g/mol. The van der Waals surface area contributed by atoms with Crippen LogP contribution in [0.1, 0.15) is 36.2 Å². The molecule has 0 spiro atoms. The van der Waals surface area contributed by atoms with E-state index >= 15 is 0 Å². The fourth-order valence-corrected chi connectivity index (χ4v) is 2.17. The fraction of sp³-hybridized carbons (Fsp3) is 0.583. The van der Waals surface area contributed by atoms with Gasteiger partial charge in [-0.3, -0.25) is 9.59 Å². The molecule has 0 radical (unpaired) electrons. The van der Waals surface area contributed by atoms with Crippen molar-refractivity contribution in [2.75, 3.05) is 6.54 Å². The van der Waals surface area contributed by atoms with Gasteiger partial charge < -0.3 is 10.4 Å². The molecule has 1 aromatic heterocycles. The predicted molar refractivity (Wildman–Crippen MR) is 65.2 cm³/mol. The van der Waals surface area contributed by atoms with E-state index in [0.717, 1.165) is 17.5 Å². The maximum absolute atomic E-state index is 11.8.